The van der Waals surface area contributed by atoms with E-state index in [-0.39, 0.29) is 24.3 Å². The Kier molecular flexibility index (Phi) is 5.10. The van der Waals surface area contributed by atoms with Crippen molar-refractivity contribution in [2.24, 2.45) is 5.73 Å². The number of pyridine rings is 1. The second kappa shape index (κ2) is 6.58. The smallest absolute Gasteiger partial charge is 0.269 e. The van der Waals surface area contributed by atoms with Crippen molar-refractivity contribution >= 4 is 17.5 Å². The summed E-state index contributed by atoms with van der Waals surface area (Å²) in [6.45, 7) is 4.24. The number of nitrogens with one attached hydrogen (secondary N) is 2. The van der Waals surface area contributed by atoms with Crippen molar-refractivity contribution in [3.8, 4) is 0 Å². The fraction of sp³-hybridized carbons (Fsp3) is 0.417. The highest BCUT2D eigenvalue weighted by atomic mass is 16.2. The zero-order chi connectivity index (χ0) is 13.5. The van der Waals surface area contributed by atoms with Gasteiger partial charge in [-0.3, -0.25) is 14.6 Å². The van der Waals surface area contributed by atoms with Gasteiger partial charge in [-0.2, -0.15) is 0 Å². The minimum atomic E-state index is -0.368. The second-order valence-corrected chi connectivity index (χ2v) is 4.01. The zero-order valence-electron chi connectivity index (χ0n) is 10.6. The number of hydrogen-bond acceptors (Lipinski definition) is 4. The van der Waals surface area contributed by atoms with Crippen LogP contribution in [0.3, 0.4) is 0 Å². The van der Waals surface area contributed by atoms with E-state index in [1.54, 1.807) is 18.3 Å². The molecule has 0 radical (unpaired) electrons. The van der Waals surface area contributed by atoms with Gasteiger partial charge < -0.3 is 16.4 Å². The van der Waals surface area contributed by atoms with Crippen molar-refractivity contribution < 1.29 is 9.59 Å². The first kappa shape index (κ1) is 14.0. The molecule has 0 fully saturated rings. The van der Waals surface area contributed by atoms with Gasteiger partial charge in [0, 0.05) is 30.9 Å². The standard InChI is InChI=1S/C12H18N4O2/c1-3-14-12(18)10-7-9(4-5-15-10)16-8(2)6-11(13)17/h4-5,7-8H,3,6H2,1-2H3,(H2,13,17)(H,14,18)(H,15,16). The Labute approximate surface area is 106 Å². The fourth-order valence-corrected chi connectivity index (χ4v) is 1.53. The first-order valence-corrected chi connectivity index (χ1v) is 5.82. The Hall–Kier alpha value is -2.11. The highest BCUT2D eigenvalue weighted by Crippen LogP contribution is 2.10. The van der Waals surface area contributed by atoms with Gasteiger partial charge in [-0.25, -0.2) is 0 Å². The molecule has 1 unspecified atom stereocenters. The number of rotatable bonds is 6. The molecule has 0 bridgehead atoms. The van der Waals surface area contributed by atoms with Crippen LogP contribution in [0.15, 0.2) is 18.3 Å². The number of nitrogens with zero attached hydrogens (tertiary/aromatic N) is 1. The third-order valence-corrected chi connectivity index (χ3v) is 2.25. The Balaban J connectivity index is 2.70. The average molecular weight is 250 g/mol. The van der Waals surface area contributed by atoms with Gasteiger partial charge in [-0.1, -0.05) is 0 Å². The van der Waals surface area contributed by atoms with Gasteiger partial charge >= 0.3 is 0 Å². The fourth-order valence-electron chi connectivity index (χ4n) is 1.53. The number of amides is 2. The van der Waals surface area contributed by atoms with E-state index in [2.05, 4.69) is 15.6 Å². The molecule has 0 saturated carbocycles. The van der Waals surface area contributed by atoms with E-state index in [0.29, 0.717) is 12.2 Å². The highest BCUT2D eigenvalue weighted by Gasteiger charge is 2.09. The van der Waals surface area contributed by atoms with E-state index >= 15 is 0 Å². The maximum atomic E-state index is 11.6. The summed E-state index contributed by atoms with van der Waals surface area (Å²) in [5.74, 6) is -0.586. The molecule has 0 aromatic carbocycles. The molecule has 1 rings (SSSR count). The Morgan fingerprint density at radius 1 is 1.50 bits per heavy atom. The topological polar surface area (TPSA) is 97.1 Å². The van der Waals surface area contributed by atoms with Gasteiger partial charge in [-0.05, 0) is 26.0 Å². The van der Waals surface area contributed by atoms with Gasteiger partial charge in [0.15, 0.2) is 0 Å². The summed E-state index contributed by atoms with van der Waals surface area (Å²) in [6, 6.07) is 3.29. The molecule has 0 aliphatic rings. The molecule has 98 valence electrons. The molecule has 0 spiro atoms. The number of primary amides is 1. The summed E-state index contributed by atoms with van der Waals surface area (Å²) < 4.78 is 0. The molecular formula is C12H18N4O2. The lowest BCUT2D eigenvalue weighted by atomic mass is 10.2. The first-order chi connectivity index (χ1) is 8.52. The maximum Gasteiger partial charge on any atom is 0.269 e. The molecule has 4 N–H and O–H groups in total. The number of carbonyl (C=O) groups excluding carboxylic acids is 2. The van der Waals surface area contributed by atoms with Crippen molar-refractivity contribution in [1.29, 1.82) is 0 Å². The second-order valence-electron chi connectivity index (χ2n) is 4.01. The summed E-state index contributed by atoms with van der Waals surface area (Å²) in [5, 5.41) is 5.76. The molecule has 1 heterocycles. The predicted octanol–water partition coefficient (Wildman–Crippen LogP) is 0.507. The normalized spacial score (nSPS) is 11.7. The van der Waals surface area contributed by atoms with Crippen LogP contribution in [-0.4, -0.2) is 29.4 Å². The first-order valence-electron chi connectivity index (χ1n) is 5.82. The Morgan fingerprint density at radius 3 is 2.83 bits per heavy atom. The van der Waals surface area contributed by atoms with Crippen molar-refractivity contribution in [2.75, 3.05) is 11.9 Å². The van der Waals surface area contributed by atoms with Crippen LogP contribution in [-0.2, 0) is 4.79 Å². The number of hydrogen-bond donors (Lipinski definition) is 3. The van der Waals surface area contributed by atoms with Crippen molar-refractivity contribution in [2.45, 2.75) is 26.3 Å². The van der Waals surface area contributed by atoms with E-state index in [4.69, 9.17) is 5.73 Å². The third-order valence-electron chi connectivity index (χ3n) is 2.25. The van der Waals surface area contributed by atoms with Crippen LogP contribution in [0.1, 0.15) is 30.8 Å². The van der Waals surface area contributed by atoms with Gasteiger partial charge in [0.1, 0.15) is 5.69 Å². The lowest BCUT2D eigenvalue weighted by molar-refractivity contribution is -0.118. The highest BCUT2D eigenvalue weighted by molar-refractivity contribution is 5.93. The number of anilines is 1. The van der Waals surface area contributed by atoms with Crippen LogP contribution in [0.2, 0.25) is 0 Å². The average Bonchev–Trinajstić information content (AvgIpc) is 2.28. The molecule has 6 heteroatoms. The summed E-state index contributed by atoms with van der Waals surface area (Å²) in [5.41, 5.74) is 6.19. The number of aromatic nitrogens is 1. The maximum absolute atomic E-state index is 11.6. The molecule has 6 nitrogen and oxygen atoms in total. The molecular weight excluding hydrogens is 232 g/mol. The predicted molar refractivity (Wildman–Crippen MR) is 69.1 cm³/mol. The van der Waals surface area contributed by atoms with Crippen LogP contribution >= 0.6 is 0 Å². The number of carbonyl (C=O) groups is 2. The van der Waals surface area contributed by atoms with E-state index in [0.717, 1.165) is 5.69 Å². The molecule has 1 aromatic heterocycles. The lowest BCUT2D eigenvalue weighted by Gasteiger charge is -2.13. The summed E-state index contributed by atoms with van der Waals surface area (Å²) >= 11 is 0. The summed E-state index contributed by atoms with van der Waals surface area (Å²) in [4.78, 5) is 26.3. The Morgan fingerprint density at radius 2 is 2.22 bits per heavy atom. The van der Waals surface area contributed by atoms with Crippen molar-refractivity contribution in [3.63, 3.8) is 0 Å². The molecule has 1 aromatic rings. The summed E-state index contributed by atoms with van der Waals surface area (Å²) in [7, 11) is 0. The molecule has 1 atom stereocenters. The van der Waals surface area contributed by atoms with Crippen LogP contribution in [0.4, 0.5) is 5.69 Å². The van der Waals surface area contributed by atoms with Crippen molar-refractivity contribution in [3.05, 3.63) is 24.0 Å². The van der Waals surface area contributed by atoms with E-state index in [1.807, 2.05) is 13.8 Å². The van der Waals surface area contributed by atoms with E-state index in [1.165, 1.54) is 0 Å². The van der Waals surface area contributed by atoms with Crippen LogP contribution in [0, 0.1) is 0 Å². The lowest BCUT2D eigenvalue weighted by Crippen LogP contribution is -2.25. The van der Waals surface area contributed by atoms with Crippen LogP contribution in [0.5, 0.6) is 0 Å². The third kappa shape index (κ3) is 4.40. The zero-order valence-corrected chi connectivity index (χ0v) is 10.6. The SMILES string of the molecule is CCNC(=O)c1cc(NC(C)CC(N)=O)ccn1. The van der Waals surface area contributed by atoms with Crippen LogP contribution < -0.4 is 16.4 Å². The molecule has 2 amide bonds. The van der Waals surface area contributed by atoms with Crippen molar-refractivity contribution in [1.82, 2.24) is 10.3 Å². The molecule has 18 heavy (non-hydrogen) atoms. The van der Waals surface area contributed by atoms with Gasteiger partial charge in [0.25, 0.3) is 5.91 Å². The quantitative estimate of drug-likeness (QED) is 0.685. The Bertz CT molecular complexity index is 434. The molecule has 0 saturated heterocycles. The van der Waals surface area contributed by atoms with Gasteiger partial charge in [0.05, 0.1) is 0 Å². The van der Waals surface area contributed by atoms with Gasteiger partial charge in [-0.15, -0.1) is 0 Å². The summed E-state index contributed by atoms with van der Waals surface area (Å²) in [6.07, 6.45) is 1.78. The molecule has 0 aliphatic heterocycles. The van der Waals surface area contributed by atoms with Crippen LogP contribution in [0.25, 0.3) is 0 Å². The minimum Gasteiger partial charge on any atom is -0.382 e. The largest absolute Gasteiger partial charge is 0.382 e. The number of nitrogens with two attached hydrogens (primary N) is 1. The monoisotopic (exact) mass is 250 g/mol. The molecule has 0 aliphatic carbocycles. The van der Waals surface area contributed by atoms with E-state index < -0.39 is 0 Å². The van der Waals surface area contributed by atoms with E-state index in [9.17, 15) is 9.59 Å². The van der Waals surface area contributed by atoms with Gasteiger partial charge in [0.2, 0.25) is 5.91 Å². The minimum absolute atomic E-state index is 0.0908.